The number of carbonyl (C=O) groups is 2. The number of rotatable bonds is 4. The highest BCUT2D eigenvalue weighted by molar-refractivity contribution is 6.05. The molecule has 1 unspecified atom stereocenters. The molecule has 1 atom stereocenters. The molecule has 2 amide bonds. The summed E-state index contributed by atoms with van der Waals surface area (Å²) < 4.78 is 0. The minimum Gasteiger partial charge on any atom is -0.376 e. The fourth-order valence-electron chi connectivity index (χ4n) is 3.24. The molecule has 0 aromatic heterocycles. The van der Waals surface area contributed by atoms with Crippen LogP contribution < -0.4 is 15.5 Å². The zero-order chi connectivity index (χ0) is 19.6. The molecule has 0 spiro atoms. The van der Waals surface area contributed by atoms with E-state index < -0.39 is 4.92 Å². The third-order valence-electron chi connectivity index (χ3n) is 4.56. The smallest absolute Gasteiger partial charge is 0.274 e. The predicted molar refractivity (Wildman–Crippen MR) is 103 cm³/mol. The second-order valence-corrected chi connectivity index (χ2v) is 6.44. The summed E-state index contributed by atoms with van der Waals surface area (Å²) in [7, 11) is 0. The van der Waals surface area contributed by atoms with Crippen LogP contribution in [0.25, 0.3) is 0 Å². The van der Waals surface area contributed by atoms with Gasteiger partial charge in [0, 0.05) is 29.8 Å². The van der Waals surface area contributed by atoms with Crippen LogP contribution in [0.1, 0.15) is 18.9 Å². The van der Waals surface area contributed by atoms with Crippen LogP contribution in [-0.2, 0) is 9.59 Å². The Hall–Kier alpha value is -3.42. The monoisotopic (exact) mass is 368 g/mol. The third-order valence-corrected chi connectivity index (χ3v) is 4.56. The molecule has 0 saturated carbocycles. The lowest BCUT2D eigenvalue weighted by molar-refractivity contribution is -0.385. The number of hydrogen-bond acceptors (Lipinski definition) is 5. The largest absolute Gasteiger partial charge is 0.376 e. The number of nitro benzene ring substituents is 1. The molecule has 1 aliphatic heterocycles. The molecule has 0 saturated heterocycles. The number of nitrogens with zero attached hydrogens (tertiary/aromatic N) is 2. The van der Waals surface area contributed by atoms with Crippen LogP contribution in [0.5, 0.6) is 0 Å². The van der Waals surface area contributed by atoms with Crippen molar-refractivity contribution in [1.29, 1.82) is 0 Å². The summed E-state index contributed by atoms with van der Waals surface area (Å²) >= 11 is 0. The van der Waals surface area contributed by atoms with E-state index >= 15 is 0 Å². The van der Waals surface area contributed by atoms with Gasteiger partial charge in [-0.05, 0) is 32.0 Å². The molecular weight excluding hydrogens is 348 g/mol. The molecule has 1 heterocycles. The van der Waals surface area contributed by atoms with Crippen LogP contribution in [0.4, 0.5) is 22.7 Å². The van der Waals surface area contributed by atoms with Crippen LogP contribution in [0.15, 0.2) is 42.5 Å². The van der Waals surface area contributed by atoms with Crippen molar-refractivity contribution < 1.29 is 14.5 Å². The lowest BCUT2D eigenvalue weighted by Crippen LogP contribution is -2.42. The fraction of sp³-hybridized carbons (Fsp3) is 0.263. The van der Waals surface area contributed by atoms with E-state index in [2.05, 4.69) is 10.6 Å². The first kappa shape index (κ1) is 18.4. The summed E-state index contributed by atoms with van der Waals surface area (Å²) in [6.45, 7) is 3.41. The van der Waals surface area contributed by atoms with Crippen molar-refractivity contribution in [1.82, 2.24) is 0 Å². The van der Waals surface area contributed by atoms with E-state index in [-0.39, 0.29) is 36.5 Å². The van der Waals surface area contributed by atoms with E-state index in [0.717, 1.165) is 0 Å². The fourth-order valence-corrected chi connectivity index (χ4v) is 3.24. The van der Waals surface area contributed by atoms with Crippen LogP contribution in [0, 0.1) is 17.0 Å². The van der Waals surface area contributed by atoms with Crippen LogP contribution in [0.3, 0.4) is 0 Å². The Bertz CT molecular complexity index is 912. The van der Waals surface area contributed by atoms with Crippen molar-refractivity contribution in [3.05, 3.63) is 58.1 Å². The molecule has 8 heteroatoms. The molecule has 0 aliphatic carbocycles. The van der Waals surface area contributed by atoms with Gasteiger partial charge in [0.15, 0.2) is 0 Å². The van der Waals surface area contributed by atoms with Crippen LogP contribution in [-0.4, -0.2) is 29.3 Å². The highest BCUT2D eigenvalue weighted by Gasteiger charge is 2.29. The van der Waals surface area contributed by atoms with Gasteiger partial charge in [0.05, 0.1) is 22.8 Å². The predicted octanol–water partition coefficient (Wildman–Crippen LogP) is 3.08. The van der Waals surface area contributed by atoms with E-state index in [9.17, 15) is 19.7 Å². The van der Waals surface area contributed by atoms with E-state index in [1.165, 1.54) is 6.07 Å². The minimum absolute atomic E-state index is 0.00395. The van der Waals surface area contributed by atoms with Crippen LogP contribution >= 0.6 is 0 Å². The summed E-state index contributed by atoms with van der Waals surface area (Å²) in [5.41, 5.74) is 2.22. The van der Waals surface area contributed by atoms with Crippen molar-refractivity contribution >= 4 is 34.6 Å². The number of hydrogen-bond donors (Lipinski definition) is 2. The van der Waals surface area contributed by atoms with Gasteiger partial charge in [0.2, 0.25) is 11.8 Å². The standard InChI is InChI=1S/C19H20N4O4/c1-12-10-18(24)21-15-6-3-4-8-17(15)22(12)19(25)11-20-14-7-5-9-16(13(14)2)23(26)27/h3-9,12,20H,10-11H2,1-2H3,(H,21,24). The van der Waals surface area contributed by atoms with Gasteiger partial charge in [-0.2, -0.15) is 0 Å². The molecule has 3 rings (SSSR count). The number of carbonyl (C=O) groups excluding carboxylic acids is 2. The Morgan fingerprint density at radius 1 is 1.30 bits per heavy atom. The first-order valence-corrected chi connectivity index (χ1v) is 8.57. The lowest BCUT2D eigenvalue weighted by atomic mass is 10.1. The van der Waals surface area contributed by atoms with Crippen molar-refractivity contribution in [2.45, 2.75) is 26.3 Å². The molecule has 0 bridgehead atoms. The Morgan fingerprint density at radius 3 is 2.78 bits per heavy atom. The van der Waals surface area contributed by atoms with Crippen molar-refractivity contribution in [2.24, 2.45) is 0 Å². The zero-order valence-corrected chi connectivity index (χ0v) is 15.1. The van der Waals surface area contributed by atoms with Crippen molar-refractivity contribution in [3.63, 3.8) is 0 Å². The summed E-state index contributed by atoms with van der Waals surface area (Å²) in [6.07, 6.45) is 0.191. The van der Waals surface area contributed by atoms with E-state index in [1.54, 1.807) is 48.2 Å². The molecule has 2 aromatic carbocycles. The summed E-state index contributed by atoms with van der Waals surface area (Å²) in [5, 5.41) is 16.9. The van der Waals surface area contributed by atoms with Gasteiger partial charge in [0.1, 0.15) is 0 Å². The Kier molecular flexibility index (Phi) is 5.07. The number of nitro groups is 1. The molecule has 8 nitrogen and oxygen atoms in total. The van der Waals surface area contributed by atoms with Gasteiger partial charge in [-0.15, -0.1) is 0 Å². The van der Waals surface area contributed by atoms with Gasteiger partial charge in [-0.3, -0.25) is 19.7 Å². The maximum absolute atomic E-state index is 12.9. The molecule has 0 radical (unpaired) electrons. The lowest BCUT2D eigenvalue weighted by Gasteiger charge is -2.28. The van der Waals surface area contributed by atoms with Crippen LogP contribution in [0.2, 0.25) is 0 Å². The zero-order valence-electron chi connectivity index (χ0n) is 15.1. The molecule has 140 valence electrons. The van der Waals surface area contributed by atoms with Crippen molar-refractivity contribution in [3.8, 4) is 0 Å². The highest BCUT2D eigenvalue weighted by atomic mass is 16.6. The molecule has 27 heavy (non-hydrogen) atoms. The summed E-state index contributed by atoms with van der Waals surface area (Å²) in [5.74, 6) is -0.370. The van der Waals surface area contributed by atoms with E-state index in [0.29, 0.717) is 22.6 Å². The number of para-hydroxylation sites is 2. The second kappa shape index (κ2) is 7.45. The Morgan fingerprint density at radius 2 is 2.04 bits per heavy atom. The van der Waals surface area contributed by atoms with E-state index in [4.69, 9.17) is 0 Å². The van der Waals surface area contributed by atoms with Gasteiger partial charge in [0.25, 0.3) is 5.69 Å². The highest BCUT2D eigenvalue weighted by Crippen LogP contribution is 2.31. The maximum Gasteiger partial charge on any atom is 0.274 e. The number of fused-ring (bicyclic) bond motifs is 1. The molecule has 2 N–H and O–H groups in total. The SMILES string of the molecule is Cc1c(NCC(=O)N2c3ccccc3NC(=O)CC2C)cccc1[N+](=O)[O-]. The molecule has 1 aliphatic rings. The average molecular weight is 368 g/mol. The number of nitrogens with one attached hydrogen (secondary N) is 2. The number of anilines is 3. The molecule has 0 fully saturated rings. The summed E-state index contributed by atoms with van der Waals surface area (Å²) in [6, 6.07) is 11.5. The van der Waals surface area contributed by atoms with Gasteiger partial charge < -0.3 is 15.5 Å². The summed E-state index contributed by atoms with van der Waals surface area (Å²) in [4.78, 5) is 37.2. The molecule has 2 aromatic rings. The quantitative estimate of drug-likeness (QED) is 0.637. The first-order valence-electron chi connectivity index (χ1n) is 8.57. The second-order valence-electron chi connectivity index (χ2n) is 6.44. The van der Waals surface area contributed by atoms with Crippen molar-refractivity contribution in [2.75, 3.05) is 22.1 Å². The van der Waals surface area contributed by atoms with Gasteiger partial charge >= 0.3 is 0 Å². The normalized spacial score (nSPS) is 16.1. The van der Waals surface area contributed by atoms with Gasteiger partial charge in [-0.1, -0.05) is 18.2 Å². The van der Waals surface area contributed by atoms with Gasteiger partial charge in [-0.25, -0.2) is 0 Å². The molecular formula is C19H20N4O4. The maximum atomic E-state index is 12.9. The first-order chi connectivity index (χ1) is 12.9. The third kappa shape index (κ3) is 3.74. The minimum atomic E-state index is -0.452. The Balaban J connectivity index is 1.83. The average Bonchev–Trinajstić information content (AvgIpc) is 2.74. The number of amides is 2. The number of benzene rings is 2. The Labute approximate surface area is 156 Å². The topological polar surface area (TPSA) is 105 Å². The van der Waals surface area contributed by atoms with E-state index in [1.807, 2.05) is 6.92 Å².